The van der Waals surface area contributed by atoms with Crippen LogP contribution in [0.1, 0.15) is 17.8 Å². The highest BCUT2D eigenvalue weighted by molar-refractivity contribution is 6.21. The van der Waals surface area contributed by atoms with Gasteiger partial charge in [0.15, 0.2) is 0 Å². The lowest BCUT2D eigenvalue weighted by Crippen LogP contribution is -1.99. The van der Waals surface area contributed by atoms with Gasteiger partial charge in [0.2, 0.25) is 0 Å². The maximum absolute atomic E-state index is 9.35. The van der Waals surface area contributed by atoms with Crippen molar-refractivity contribution < 1.29 is 17.8 Å². The summed E-state index contributed by atoms with van der Waals surface area (Å²) in [7, 11) is 0. The number of hydrogen-bond donors (Lipinski definition) is 0. The van der Waals surface area contributed by atoms with Crippen LogP contribution < -0.4 is 0 Å². The standard InChI is InChI=1S/C39H26N2/c1-3-14-27(15-4-1)28-16-13-17-29(26-28)37-31-20-7-9-22-33(31)38(34-23-10-8-21-32(34)37)39-40-35-24-11-12-25-36(35)41(39)30-18-5-2-6-19-30/h1-26H/i1D,3D,4D,7D,8D,9D,10D,14D,15D,20D,21D,22D,23D. The molecule has 0 fully saturated rings. The second kappa shape index (κ2) is 9.62. The first-order valence-electron chi connectivity index (χ1n) is 19.4. The van der Waals surface area contributed by atoms with Gasteiger partial charge in [-0.2, -0.15) is 0 Å². The lowest BCUT2D eigenvalue weighted by atomic mass is 9.87. The van der Waals surface area contributed by atoms with E-state index in [1.807, 2.05) is 42.5 Å². The van der Waals surface area contributed by atoms with Gasteiger partial charge < -0.3 is 0 Å². The Balaban J connectivity index is 1.64. The first kappa shape index (κ1) is 13.7. The molecule has 0 saturated heterocycles. The average Bonchev–Trinajstić information content (AvgIpc) is 3.57. The topological polar surface area (TPSA) is 17.8 Å². The number of rotatable bonds is 4. The van der Waals surface area contributed by atoms with Crippen LogP contribution in [-0.4, -0.2) is 9.55 Å². The maximum atomic E-state index is 9.35. The van der Waals surface area contributed by atoms with Crippen molar-refractivity contribution in [1.82, 2.24) is 9.55 Å². The molecule has 41 heavy (non-hydrogen) atoms. The van der Waals surface area contributed by atoms with Crippen molar-refractivity contribution in [1.29, 1.82) is 0 Å². The van der Waals surface area contributed by atoms with Crippen molar-refractivity contribution in [2.75, 3.05) is 0 Å². The minimum absolute atomic E-state index is 0.0331. The molecule has 0 aliphatic heterocycles. The van der Waals surface area contributed by atoms with Crippen LogP contribution in [0.15, 0.2) is 157 Å². The Bertz CT molecular complexity index is 2810. The molecule has 0 radical (unpaired) electrons. The van der Waals surface area contributed by atoms with Crippen molar-refractivity contribution >= 4 is 32.6 Å². The Morgan fingerprint density at radius 1 is 0.488 bits per heavy atom. The summed E-state index contributed by atoms with van der Waals surface area (Å²) in [4.78, 5) is 4.97. The van der Waals surface area contributed by atoms with E-state index < -0.39 is 78.6 Å². The second-order valence-electron chi connectivity index (χ2n) is 9.43. The third-order valence-electron chi connectivity index (χ3n) is 7.11. The molecule has 7 aromatic carbocycles. The summed E-state index contributed by atoms with van der Waals surface area (Å²) in [5, 5.41) is -0.153. The van der Waals surface area contributed by atoms with E-state index in [9.17, 15) is 5.48 Å². The molecule has 192 valence electrons. The highest BCUT2D eigenvalue weighted by Crippen LogP contribution is 2.45. The third-order valence-corrected chi connectivity index (χ3v) is 7.11. The quantitative estimate of drug-likeness (QED) is 0.205. The van der Waals surface area contributed by atoms with Crippen molar-refractivity contribution in [2.24, 2.45) is 0 Å². The van der Waals surface area contributed by atoms with Crippen LogP contribution in [0.3, 0.4) is 0 Å². The van der Waals surface area contributed by atoms with Crippen molar-refractivity contribution in [3.63, 3.8) is 0 Å². The summed E-state index contributed by atoms with van der Waals surface area (Å²) in [6, 6.07) is 16.0. The lowest BCUT2D eigenvalue weighted by Gasteiger charge is -2.18. The minimum Gasteiger partial charge on any atom is -0.292 e. The Kier molecular flexibility index (Phi) is 3.22. The minimum atomic E-state index is -0.571. The summed E-state index contributed by atoms with van der Waals surface area (Å²) < 4.78 is 116. The Morgan fingerprint density at radius 2 is 1.07 bits per heavy atom. The van der Waals surface area contributed by atoms with Gasteiger partial charge in [-0.3, -0.25) is 4.57 Å². The summed E-state index contributed by atoms with van der Waals surface area (Å²) in [5.74, 6) is 0.187. The molecule has 0 atom stereocenters. The van der Waals surface area contributed by atoms with Gasteiger partial charge in [-0.25, -0.2) is 4.98 Å². The number of benzene rings is 7. The Hall–Kier alpha value is -5.47. The first-order chi connectivity index (χ1) is 25.8. The zero-order valence-corrected chi connectivity index (χ0v) is 21.4. The SMILES string of the molecule is [2H]c1c([2H])c([2H])c(-c2cccc(-c3c4c([2H])c([2H])c([2H])c([2H])c4c(-c4nc5ccccc5n4-c4ccccc4)c4c([2H])c([2H])c([2H])c([2H])c34)c2)c([2H])c1[2H]. The van der Waals surface area contributed by atoms with Gasteiger partial charge in [-0.05, 0) is 74.1 Å². The number of fused-ring (bicyclic) bond motifs is 3. The molecule has 0 aliphatic rings. The molecule has 8 rings (SSSR count). The molecule has 0 amide bonds. The van der Waals surface area contributed by atoms with E-state index in [-0.39, 0.29) is 55.2 Å². The number of hydrogen-bond acceptors (Lipinski definition) is 1. The van der Waals surface area contributed by atoms with E-state index in [2.05, 4.69) is 0 Å². The molecular weight excluding hydrogens is 496 g/mol. The first-order valence-corrected chi connectivity index (χ1v) is 12.9. The monoisotopic (exact) mass is 535 g/mol. The smallest absolute Gasteiger partial charge is 0.146 e. The van der Waals surface area contributed by atoms with Crippen LogP contribution in [0.5, 0.6) is 0 Å². The van der Waals surface area contributed by atoms with Crippen LogP contribution in [0.4, 0.5) is 0 Å². The fourth-order valence-electron chi connectivity index (χ4n) is 5.39. The van der Waals surface area contributed by atoms with Crippen molar-refractivity contribution in [3.05, 3.63) is 157 Å². The number of para-hydroxylation sites is 3. The summed E-state index contributed by atoms with van der Waals surface area (Å²) in [6.45, 7) is 0. The molecule has 0 saturated carbocycles. The fourth-order valence-corrected chi connectivity index (χ4v) is 5.39. The summed E-state index contributed by atoms with van der Waals surface area (Å²) in [6.07, 6.45) is 0. The van der Waals surface area contributed by atoms with E-state index in [0.717, 1.165) is 0 Å². The predicted molar refractivity (Wildman–Crippen MR) is 172 cm³/mol. The zero-order valence-electron chi connectivity index (χ0n) is 34.4. The normalized spacial score (nSPS) is 15.9. The van der Waals surface area contributed by atoms with Crippen molar-refractivity contribution in [2.45, 2.75) is 0 Å². The van der Waals surface area contributed by atoms with E-state index >= 15 is 0 Å². The van der Waals surface area contributed by atoms with Crippen LogP contribution in [0.25, 0.3) is 71.9 Å². The molecule has 1 heterocycles. The molecule has 0 N–H and O–H groups in total. The second-order valence-corrected chi connectivity index (χ2v) is 9.43. The maximum Gasteiger partial charge on any atom is 0.146 e. The molecule has 2 heteroatoms. The lowest BCUT2D eigenvalue weighted by molar-refractivity contribution is 1.11. The van der Waals surface area contributed by atoms with E-state index in [1.54, 1.807) is 34.9 Å². The highest BCUT2D eigenvalue weighted by Gasteiger charge is 2.22. The molecule has 1 aromatic heterocycles. The molecule has 0 bridgehead atoms. The summed E-state index contributed by atoms with van der Waals surface area (Å²) >= 11 is 0. The fraction of sp³-hybridized carbons (Fsp3) is 0. The predicted octanol–water partition coefficient (Wildman–Crippen LogP) is 10.3. The molecule has 8 aromatic rings. The molecule has 0 aliphatic carbocycles. The van der Waals surface area contributed by atoms with Crippen LogP contribution >= 0.6 is 0 Å². The third kappa shape index (κ3) is 3.84. The van der Waals surface area contributed by atoms with Gasteiger partial charge in [-0.1, -0.05) is 127 Å². The van der Waals surface area contributed by atoms with E-state index in [0.29, 0.717) is 16.7 Å². The Labute approximate surface area is 257 Å². The van der Waals surface area contributed by atoms with E-state index in [4.69, 9.17) is 17.3 Å². The van der Waals surface area contributed by atoms with Crippen LogP contribution in [-0.2, 0) is 0 Å². The Morgan fingerprint density at radius 3 is 1.78 bits per heavy atom. The van der Waals surface area contributed by atoms with Gasteiger partial charge in [0.25, 0.3) is 0 Å². The largest absolute Gasteiger partial charge is 0.292 e. The van der Waals surface area contributed by atoms with Gasteiger partial charge in [0.1, 0.15) is 5.82 Å². The van der Waals surface area contributed by atoms with Gasteiger partial charge in [-0.15, -0.1) is 0 Å². The number of imidazole rings is 1. The van der Waals surface area contributed by atoms with Crippen molar-refractivity contribution in [3.8, 4) is 39.3 Å². The van der Waals surface area contributed by atoms with E-state index in [1.165, 1.54) is 6.07 Å². The molecular formula is C39H26N2. The summed E-state index contributed by atoms with van der Waals surface area (Å²) in [5.41, 5.74) is 2.29. The highest BCUT2D eigenvalue weighted by atomic mass is 15.1. The molecule has 0 unspecified atom stereocenters. The van der Waals surface area contributed by atoms with Gasteiger partial charge in [0, 0.05) is 11.3 Å². The van der Waals surface area contributed by atoms with Gasteiger partial charge >= 0.3 is 0 Å². The van der Waals surface area contributed by atoms with Crippen LogP contribution in [0, 0.1) is 0 Å². The number of aromatic nitrogens is 2. The molecule has 2 nitrogen and oxygen atoms in total. The average molecular weight is 536 g/mol. The molecule has 0 spiro atoms. The van der Waals surface area contributed by atoms with Gasteiger partial charge in [0.05, 0.1) is 28.9 Å². The number of nitrogens with zero attached hydrogens (tertiary/aromatic N) is 2. The zero-order chi connectivity index (χ0) is 38.5. The van der Waals surface area contributed by atoms with Crippen LogP contribution in [0.2, 0.25) is 0 Å².